The lowest BCUT2D eigenvalue weighted by atomic mass is 9.69. The highest BCUT2D eigenvalue weighted by Crippen LogP contribution is 2.52. The molecule has 0 bridgehead atoms. The Kier molecular flexibility index (Phi) is 8.21. The molecule has 4 aliphatic heterocycles. The van der Waals surface area contributed by atoms with Gasteiger partial charge in [0, 0.05) is 49.8 Å². The number of aromatic nitrogens is 2. The third-order valence-corrected chi connectivity index (χ3v) is 14.6. The molecular weight excluding hydrogens is 728 g/mol. The summed E-state index contributed by atoms with van der Waals surface area (Å²) in [5.41, 5.74) is 6.76. The van der Waals surface area contributed by atoms with Gasteiger partial charge < -0.3 is 9.64 Å². The van der Waals surface area contributed by atoms with Crippen LogP contribution in [0.1, 0.15) is 123 Å². The average molecular weight is 776 g/mol. The first-order chi connectivity index (χ1) is 25.8. The number of ether oxygens (including phenoxy) is 1. The Bertz CT molecular complexity index is 2210. The standard InChI is InChI=1S/C44H47BrN4O4/c45-34-5-4-6-35-39(34)41(52)47-42-44(17-2-1-3-18-44)33-14-11-29(24-36(33)49(35)42)28-9-7-27(8-10-28)26-48-21-19-43(20-22-48)25-31-23-30(12-15-37(31)53-43)32-13-16-38(50)46-40(32)51/h4-6,11-12,14-15,23-24,27-28,32H,1-3,7-10,13,16-22,25-26H2,(H,46,50,51). The van der Waals surface area contributed by atoms with Crippen molar-refractivity contribution >= 4 is 38.6 Å². The summed E-state index contributed by atoms with van der Waals surface area (Å²) < 4.78 is 9.80. The van der Waals surface area contributed by atoms with Crippen LogP contribution in [0.4, 0.5) is 0 Å². The number of nitrogens with one attached hydrogen (secondary N) is 1. The molecule has 2 saturated heterocycles. The normalized spacial score (nSPS) is 25.9. The van der Waals surface area contributed by atoms with Gasteiger partial charge in [-0.25, -0.2) is 0 Å². The molecule has 3 aromatic carbocycles. The Labute approximate surface area is 318 Å². The molecule has 1 N–H and O–H groups in total. The number of imide groups is 1. The van der Waals surface area contributed by atoms with Gasteiger partial charge in [0.1, 0.15) is 17.2 Å². The van der Waals surface area contributed by atoms with Gasteiger partial charge in [-0.1, -0.05) is 49.6 Å². The van der Waals surface area contributed by atoms with Crippen LogP contribution in [-0.4, -0.2) is 51.5 Å². The lowest BCUT2D eigenvalue weighted by Crippen LogP contribution is -2.48. The summed E-state index contributed by atoms with van der Waals surface area (Å²) >= 11 is 3.66. The maximum atomic E-state index is 13.4. The van der Waals surface area contributed by atoms with Gasteiger partial charge in [-0.3, -0.25) is 24.3 Å². The van der Waals surface area contributed by atoms with Crippen molar-refractivity contribution in [3.05, 3.63) is 97.5 Å². The number of carbonyl (C=O) groups is 2. The van der Waals surface area contributed by atoms with E-state index in [-0.39, 0.29) is 34.3 Å². The third kappa shape index (κ3) is 5.62. The molecule has 0 radical (unpaired) electrons. The van der Waals surface area contributed by atoms with Crippen LogP contribution in [0.3, 0.4) is 0 Å². The summed E-state index contributed by atoms with van der Waals surface area (Å²) in [6.45, 7) is 3.27. The molecule has 274 valence electrons. The lowest BCUT2D eigenvalue weighted by Gasteiger charge is -2.41. The minimum absolute atomic E-state index is 0.125. The summed E-state index contributed by atoms with van der Waals surface area (Å²) in [6, 6.07) is 19.5. The second-order valence-electron chi connectivity index (χ2n) is 17.0. The van der Waals surface area contributed by atoms with Gasteiger partial charge in [0.25, 0.3) is 5.56 Å². The van der Waals surface area contributed by atoms with Crippen molar-refractivity contribution in [1.29, 1.82) is 0 Å². The maximum Gasteiger partial charge on any atom is 0.281 e. The van der Waals surface area contributed by atoms with Gasteiger partial charge in [-0.05, 0) is 119 Å². The number of piperidine rings is 2. The average Bonchev–Trinajstić information content (AvgIpc) is 3.65. The summed E-state index contributed by atoms with van der Waals surface area (Å²) in [6.07, 6.45) is 14.5. The van der Waals surface area contributed by atoms with Crippen molar-refractivity contribution in [2.75, 3.05) is 19.6 Å². The Hall–Kier alpha value is -3.82. The summed E-state index contributed by atoms with van der Waals surface area (Å²) in [7, 11) is 0. The van der Waals surface area contributed by atoms with Crippen molar-refractivity contribution in [2.45, 2.75) is 113 Å². The number of hydrogen-bond donors (Lipinski definition) is 1. The molecule has 53 heavy (non-hydrogen) atoms. The maximum absolute atomic E-state index is 13.4. The Balaban J connectivity index is 0.799. The molecule has 2 aliphatic carbocycles. The number of likely N-dealkylation sites (tertiary alicyclic amines) is 1. The molecule has 4 fully saturated rings. The third-order valence-electron chi connectivity index (χ3n) is 13.9. The fourth-order valence-corrected chi connectivity index (χ4v) is 11.6. The fraction of sp³-hybridized carbons (Fsp3) is 0.500. The molecule has 2 saturated carbocycles. The number of hydrogen-bond acceptors (Lipinski definition) is 6. The molecular formula is C44H47BrN4O4. The molecule has 1 atom stereocenters. The zero-order valence-electron chi connectivity index (χ0n) is 30.3. The molecule has 2 spiro atoms. The van der Waals surface area contributed by atoms with Crippen LogP contribution in [0, 0.1) is 5.92 Å². The zero-order valence-corrected chi connectivity index (χ0v) is 31.9. The first kappa shape index (κ1) is 33.7. The lowest BCUT2D eigenvalue weighted by molar-refractivity contribution is -0.134. The van der Waals surface area contributed by atoms with E-state index < -0.39 is 0 Å². The SMILES string of the molecule is O=C1CCC(c2ccc3c(c2)CC2(CCN(CC4CCC(c5ccc6c(c5)-n5c(nc(=O)c7c(Br)cccc75)C65CCCCC5)CC4)CC2)O3)C(=O)N1. The second-order valence-corrected chi connectivity index (χ2v) is 17.8. The van der Waals surface area contributed by atoms with E-state index in [0.29, 0.717) is 30.1 Å². The predicted octanol–water partition coefficient (Wildman–Crippen LogP) is 7.98. The molecule has 5 heterocycles. The minimum atomic E-state index is -0.257. The van der Waals surface area contributed by atoms with E-state index >= 15 is 0 Å². The van der Waals surface area contributed by atoms with Crippen molar-refractivity contribution in [2.24, 2.45) is 5.92 Å². The fourth-order valence-electron chi connectivity index (χ4n) is 11.1. The molecule has 10 rings (SSSR count). The highest BCUT2D eigenvalue weighted by atomic mass is 79.9. The van der Waals surface area contributed by atoms with Crippen LogP contribution >= 0.6 is 15.9 Å². The van der Waals surface area contributed by atoms with Crippen LogP contribution < -0.4 is 15.6 Å². The molecule has 1 aromatic heterocycles. The van der Waals surface area contributed by atoms with Crippen LogP contribution in [0.2, 0.25) is 0 Å². The first-order valence-electron chi connectivity index (χ1n) is 20.0. The number of fused-ring (bicyclic) bond motifs is 8. The van der Waals surface area contributed by atoms with Gasteiger partial charge in [0.15, 0.2) is 0 Å². The van der Waals surface area contributed by atoms with E-state index in [1.54, 1.807) is 0 Å². The molecule has 9 heteroatoms. The van der Waals surface area contributed by atoms with Crippen LogP contribution in [-0.2, 0) is 21.4 Å². The summed E-state index contributed by atoms with van der Waals surface area (Å²) in [5, 5.41) is 3.18. The predicted molar refractivity (Wildman–Crippen MR) is 208 cm³/mol. The highest BCUT2D eigenvalue weighted by Gasteiger charge is 2.47. The molecule has 2 amide bonds. The number of rotatable bonds is 4. The topological polar surface area (TPSA) is 93.5 Å². The van der Waals surface area contributed by atoms with Crippen LogP contribution in [0.5, 0.6) is 5.75 Å². The highest BCUT2D eigenvalue weighted by molar-refractivity contribution is 9.10. The minimum Gasteiger partial charge on any atom is -0.487 e. The Morgan fingerprint density at radius 1 is 0.868 bits per heavy atom. The quantitative estimate of drug-likeness (QED) is 0.212. The van der Waals surface area contributed by atoms with Gasteiger partial charge >= 0.3 is 0 Å². The monoisotopic (exact) mass is 774 g/mol. The Morgan fingerprint density at radius 3 is 2.45 bits per heavy atom. The molecule has 8 nitrogen and oxygen atoms in total. The van der Waals surface area contributed by atoms with Crippen molar-refractivity contribution in [1.82, 2.24) is 19.8 Å². The van der Waals surface area contributed by atoms with Gasteiger partial charge in [-0.15, -0.1) is 0 Å². The summed E-state index contributed by atoms with van der Waals surface area (Å²) in [4.78, 5) is 45.1. The number of halogens is 1. The second kappa shape index (κ2) is 12.9. The Morgan fingerprint density at radius 2 is 1.66 bits per heavy atom. The first-order valence-corrected chi connectivity index (χ1v) is 20.8. The number of benzene rings is 3. The van der Waals surface area contributed by atoms with Gasteiger partial charge in [-0.2, -0.15) is 4.98 Å². The van der Waals surface area contributed by atoms with Gasteiger partial charge in [0.2, 0.25) is 11.8 Å². The van der Waals surface area contributed by atoms with E-state index in [9.17, 15) is 14.4 Å². The van der Waals surface area contributed by atoms with E-state index in [4.69, 9.17) is 9.72 Å². The number of carbonyl (C=O) groups excluding carboxylic acids is 2. The van der Waals surface area contributed by atoms with E-state index in [1.165, 1.54) is 67.3 Å². The van der Waals surface area contributed by atoms with E-state index in [0.717, 1.165) is 78.9 Å². The summed E-state index contributed by atoms with van der Waals surface area (Å²) in [5.74, 6) is 2.57. The smallest absolute Gasteiger partial charge is 0.281 e. The largest absolute Gasteiger partial charge is 0.487 e. The van der Waals surface area contributed by atoms with Crippen molar-refractivity contribution in [3.8, 4) is 11.4 Å². The van der Waals surface area contributed by atoms with Gasteiger partial charge in [0.05, 0.1) is 27.9 Å². The van der Waals surface area contributed by atoms with Crippen LogP contribution in [0.15, 0.2) is 63.9 Å². The molecule has 1 unspecified atom stereocenters. The zero-order chi connectivity index (χ0) is 35.9. The van der Waals surface area contributed by atoms with Crippen molar-refractivity contribution in [3.63, 3.8) is 0 Å². The van der Waals surface area contributed by atoms with E-state index in [1.807, 2.05) is 24.3 Å². The number of amides is 2. The molecule has 4 aromatic rings. The van der Waals surface area contributed by atoms with E-state index in [2.05, 4.69) is 61.0 Å². The number of nitrogens with zero attached hydrogens (tertiary/aromatic N) is 3. The molecule has 6 aliphatic rings. The van der Waals surface area contributed by atoms with Crippen molar-refractivity contribution < 1.29 is 14.3 Å². The van der Waals surface area contributed by atoms with Crippen LogP contribution in [0.25, 0.3) is 16.6 Å².